The number of carboxylic acids is 1. The van der Waals surface area contributed by atoms with E-state index in [1.54, 1.807) is 26.2 Å². The molecule has 0 unspecified atom stereocenters. The lowest BCUT2D eigenvalue weighted by Crippen LogP contribution is -2.50. The van der Waals surface area contributed by atoms with Crippen molar-refractivity contribution in [1.29, 1.82) is 0 Å². The van der Waals surface area contributed by atoms with E-state index in [2.05, 4.69) is 20.6 Å². The number of aromatic nitrogens is 2. The van der Waals surface area contributed by atoms with E-state index in [-0.39, 0.29) is 18.3 Å². The number of carbonyl (C=O) groups is 5. The summed E-state index contributed by atoms with van der Waals surface area (Å²) < 4.78 is 5.46. The van der Waals surface area contributed by atoms with E-state index in [0.29, 0.717) is 34.2 Å². The third-order valence-corrected chi connectivity index (χ3v) is 7.55. The fraction of sp³-hybridized carbons (Fsp3) is 0.500. The molecule has 0 saturated carbocycles. The van der Waals surface area contributed by atoms with Gasteiger partial charge in [-0.3, -0.25) is 19.3 Å². The first-order valence-electron chi connectivity index (χ1n) is 12.5. The lowest BCUT2D eigenvalue weighted by atomic mass is 9.96. The Labute approximate surface area is 239 Å². The number of hydrogen-bond donors (Lipinski definition) is 3. The molecule has 216 valence electrons. The Morgan fingerprint density at radius 3 is 2.45 bits per heavy atom. The third-order valence-electron chi connectivity index (χ3n) is 5.84. The Morgan fingerprint density at radius 1 is 1.12 bits per heavy atom. The van der Waals surface area contributed by atoms with Crippen LogP contribution in [0.15, 0.2) is 22.5 Å². The maximum atomic E-state index is 12.8. The number of likely N-dealkylation sites (tertiary alicyclic amines) is 1. The van der Waals surface area contributed by atoms with Crippen molar-refractivity contribution in [2.75, 3.05) is 0 Å². The van der Waals surface area contributed by atoms with Crippen molar-refractivity contribution in [1.82, 2.24) is 25.5 Å². The molecule has 1 atom stereocenters. The van der Waals surface area contributed by atoms with E-state index in [1.165, 1.54) is 41.5 Å². The van der Waals surface area contributed by atoms with Crippen LogP contribution in [0.5, 0.6) is 0 Å². The number of ether oxygens (including phenoxy) is 1. The summed E-state index contributed by atoms with van der Waals surface area (Å²) in [6.45, 7) is 10.3. The summed E-state index contributed by atoms with van der Waals surface area (Å²) in [5.74, 6) is -2.71. The topological polar surface area (TPSA) is 168 Å². The average molecular weight is 592 g/mol. The minimum atomic E-state index is -1.34. The van der Waals surface area contributed by atoms with Gasteiger partial charge in [0.2, 0.25) is 11.8 Å². The molecule has 14 heteroatoms. The predicted octanol–water partition coefficient (Wildman–Crippen LogP) is 3.74. The van der Waals surface area contributed by atoms with Crippen LogP contribution < -0.4 is 10.6 Å². The smallest absolute Gasteiger partial charge is 0.414 e. The van der Waals surface area contributed by atoms with Gasteiger partial charge >= 0.3 is 12.1 Å². The average Bonchev–Trinajstić information content (AvgIpc) is 3.56. The van der Waals surface area contributed by atoms with Crippen molar-refractivity contribution in [2.24, 2.45) is 0 Å². The molecule has 1 aliphatic heterocycles. The normalized spacial score (nSPS) is 16.6. The van der Waals surface area contributed by atoms with Crippen molar-refractivity contribution in [3.8, 4) is 10.7 Å². The SMILES string of the molecule is C[C@H]1CC/C(=C/C(=O)NC(C)(C)C(=O)CC(=O)NCc2nc(-c3nc(C(=O)O)cs3)cs2)N1C(=O)OC(C)(C)C. The molecule has 1 saturated heterocycles. The molecule has 3 N–H and O–H groups in total. The Hall–Kier alpha value is -3.65. The summed E-state index contributed by atoms with van der Waals surface area (Å²) in [5.41, 5.74) is -1.09. The van der Waals surface area contributed by atoms with E-state index in [0.717, 1.165) is 11.3 Å². The lowest BCUT2D eigenvalue weighted by molar-refractivity contribution is -0.133. The van der Waals surface area contributed by atoms with Crippen LogP contribution >= 0.6 is 22.7 Å². The van der Waals surface area contributed by atoms with Gasteiger partial charge in [0.25, 0.3) is 0 Å². The Kier molecular flexibility index (Phi) is 9.46. The molecule has 2 aromatic heterocycles. The first kappa shape index (κ1) is 30.9. The molecule has 0 aromatic carbocycles. The van der Waals surface area contributed by atoms with Crippen LogP contribution in [-0.4, -0.2) is 66.8 Å². The van der Waals surface area contributed by atoms with Crippen molar-refractivity contribution < 1.29 is 33.8 Å². The number of nitrogens with one attached hydrogen (secondary N) is 2. The number of rotatable bonds is 9. The number of allylic oxidation sites excluding steroid dienone is 1. The highest BCUT2D eigenvalue weighted by atomic mass is 32.1. The van der Waals surface area contributed by atoms with Crippen molar-refractivity contribution in [2.45, 2.75) is 84.5 Å². The molecule has 0 radical (unpaired) electrons. The number of ketones is 1. The van der Waals surface area contributed by atoms with Crippen LogP contribution in [0.3, 0.4) is 0 Å². The van der Waals surface area contributed by atoms with Gasteiger partial charge in [-0.15, -0.1) is 22.7 Å². The zero-order valence-corrected chi connectivity index (χ0v) is 24.8. The van der Waals surface area contributed by atoms with Crippen LogP contribution in [-0.2, 0) is 25.7 Å². The summed E-state index contributed by atoms with van der Waals surface area (Å²) >= 11 is 2.42. The lowest BCUT2D eigenvalue weighted by Gasteiger charge is -2.28. The van der Waals surface area contributed by atoms with Crippen LogP contribution in [0.25, 0.3) is 10.7 Å². The summed E-state index contributed by atoms with van der Waals surface area (Å²) in [6.07, 6.45) is 1.48. The van der Waals surface area contributed by atoms with E-state index in [4.69, 9.17) is 9.84 Å². The second-order valence-corrected chi connectivity index (χ2v) is 12.6. The minimum absolute atomic E-state index is 0.0644. The fourth-order valence-corrected chi connectivity index (χ4v) is 5.33. The molecule has 2 aromatic rings. The highest BCUT2D eigenvalue weighted by Crippen LogP contribution is 2.29. The first-order valence-corrected chi connectivity index (χ1v) is 14.3. The van der Waals surface area contributed by atoms with E-state index in [1.807, 2.05) is 6.92 Å². The van der Waals surface area contributed by atoms with Gasteiger partial charge in [-0.05, 0) is 54.4 Å². The quantitative estimate of drug-likeness (QED) is 0.291. The van der Waals surface area contributed by atoms with Crippen molar-refractivity contribution >= 4 is 52.3 Å². The first-order chi connectivity index (χ1) is 18.6. The van der Waals surface area contributed by atoms with E-state index < -0.39 is 47.2 Å². The maximum absolute atomic E-state index is 12.8. The molecule has 1 fully saturated rings. The van der Waals surface area contributed by atoms with E-state index >= 15 is 0 Å². The van der Waals surface area contributed by atoms with Gasteiger partial charge in [-0.2, -0.15) is 0 Å². The molecule has 0 bridgehead atoms. The van der Waals surface area contributed by atoms with Crippen LogP contribution in [0.2, 0.25) is 0 Å². The second kappa shape index (κ2) is 12.3. The monoisotopic (exact) mass is 591 g/mol. The molecule has 0 spiro atoms. The Bertz CT molecular complexity index is 1340. The zero-order chi connectivity index (χ0) is 29.8. The van der Waals surface area contributed by atoms with Crippen LogP contribution in [0.1, 0.15) is 76.3 Å². The van der Waals surface area contributed by atoms with Gasteiger partial charge < -0.3 is 20.5 Å². The number of nitrogens with zero attached hydrogens (tertiary/aromatic N) is 3. The van der Waals surface area contributed by atoms with Gasteiger partial charge in [-0.25, -0.2) is 19.6 Å². The number of carbonyl (C=O) groups excluding carboxylic acids is 4. The molecule has 40 heavy (non-hydrogen) atoms. The third kappa shape index (κ3) is 8.18. The van der Waals surface area contributed by atoms with Gasteiger partial charge in [0.15, 0.2) is 11.5 Å². The number of amides is 3. The fourth-order valence-electron chi connectivity index (χ4n) is 3.79. The van der Waals surface area contributed by atoms with Gasteiger partial charge in [-0.1, -0.05) is 0 Å². The van der Waals surface area contributed by atoms with Crippen LogP contribution in [0.4, 0.5) is 4.79 Å². The van der Waals surface area contributed by atoms with Crippen LogP contribution in [0, 0.1) is 0 Å². The molecular weight excluding hydrogens is 558 g/mol. The number of thiazole rings is 2. The van der Waals surface area contributed by atoms with Crippen molar-refractivity contribution in [3.63, 3.8) is 0 Å². The number of Topliss-reactive ketones (excluding diaryl/α,β-unsaturated/α-hetero) is 1. The summed E-state index contributed by atoms with van der Waals surface area (Å²) in [6, 6.07) is -0.134. The standard InChI is InChI=1S/C26H33N5O7S2/c1-14-7-8-15(31(14)24(37)38-25(2,3)4)9-20(34)30-26(5,6)18(32)10-19(33)27-11-21-28-16(12-39-21)22-29-17(13-40-22)23(35)36/h9,12-14H,7-8,10-11H2,1-6H3,(H,27,33)(H,30,34)(H,35,36)/b15-9-/t14-/m0/s1. The number of aromatic carboxylic acids is 1. The molecular formula is C26H33N5O7S2. The predicted molar refractivity (Wildman–Crippen MR) is 149 cm³/mol. The molecule has 0 aliphatic carbocycles. The van der Waals surface area contributed by atoms with E-state index in [9.17, 15) is 24.0 Å². The van der Waals surface area contributed by atoms with Gasteiger partial charge in [0, 0.05) is 28.6 Å². The minimum Gasteiger partial charge on any atom is -0.476 e. The summed E-state index contributed by atoms with van der Waals surface area (Å²) in [5, 5.41) is 18.4. The Morgan fingerprint density at radius 2 is 1.82 bits per heavy atom. The maximum Gasteiger partial charge on any atom is 0.414 e. The van der Waals surface area contributed by atoms with Crippen molar-refractivity contribution in [3.05, 3.63) is 33.2 Å². The van der Waals surface area contributed by atoms with Gasteiger partial charge in [0.1, 0.15) is 21.3 Å². The molecule has 3 amide bonds. The molecule has 3 heterocycles. The summed E-state index contributed by atoms with van der Waals surface area (Å²) in [4.78, 5) is 71.5. The molecule has 12 nitrogen and oxygen atoms in total. The molecule has 1 aliphatic rings. The largest absolute Gasteiger partial charge is 0.476 e. The number of carboxylic acid groups (broad SMARTS) is 1. The number of hydrogen-bond acceptors (Lipinski definition) is 10. The van der Waals surface area contributed by atoms with Gasteiger partial charge in [0.05, 0.1) is 18.5 Å². The molecule has 3 rings (SSSR count). The zero-order valence-electron chi connectivity index (χ0n) is 23.2. The second-order valence-electron chi connectivity index (χ2n) is 10.8. The highest BCUT2D eigenvalue weighted by molar-refractivity contribution is 7.14. The highest BCUT2D eigenvalue weighted by Gasteiger charge is 2.35. The summed E-state index contributed by atoms with van der Waals surface area (Å²) in [7, 11) is 0. The Balaban J connectivity index is 1.53.